The van der Waals surface area contributed by atoms with Gasteiger partial charge < -0.3 is 10.4 Å². The Kier molecular flexibility index (Phi) is 3.96. The van der Waals surface area contributed by atoms with Gasteiger partial charge in [-0.2, -0.15) is 0 Å². The number of thiazole rings is 1. The van der Waals surface area contributed by atoms with Crippen LogP contribution in [0.3, 0.4) is 0 Å². The molecule has 1 aromatic heterocycles. The molecule has 0 aliphatic rings. The molecule has 0 fully saturated rings. The number of hydrogen-bond acceptors (Lipinski definition) is 5. The van der Waals surface area contributed by atoms with E-state index in [0.717, 1.165) is 21.5 Å². The van der Waals surface area contributed by atoms with Gasteiger partial charge in [-0.15, -0.1) is 0 Å². The lowest BCUT2D eigenvalue weighted by Crippen LogP contribution is -2.03. The molecule has 0 atom stereocenters. The van der Waals surface area contributed by atoms with Gasteiger partial charge in [0, 0.05) is 17.1 Å². The summed E-state index contributed by atoms with van der Waals surface area (Å²) in [5.74, 6) is -1.51. The zero-order chi connectivity index (χ0) is 14.0. The second kappa shape index (κ2) is 5.50. The SMILES string of the molecule is CC(=O)c1sc(Nc2cccc(Br)c2)nc1C(=O)O. The van der Waals surface area contributed by atoms with Crippen molar-refractivity contribution in [2.75, 3.05) is 5.32 Å². The Hall–Kier alpha value is -1.73. The first-order valence-corrected chi connectivity index (χ1v) is 6.86. The number of Topliss-reactive ketones (excluding diaryl/α,β-unsaturated/α-hetero) is 1. The van der Waals surface area contributed by atoms with E-state index in [4.69, 9.17) is 5.11 Å². The van der Waals surface area contributed by atoms with E-state index in [0.29, 0.717) is 5.13 Å². The lowest BCUT2D eigenvalue weighted by molar-refractivity contribution is 0.0687. The van der Waals surface area contributed by atoms with Crippen molar-refractivity contribution in [3.05, 3.63) is 39.3 Å². The number of halogens is 1. The van der Waals surface area contributed by atoms with Crippen LogP contribution in [0.4, 0.5) is 10.8 Å². The Morgan fingerprint density at radius 3 is 2.68 bits per heavy atom. The summed E-state index contributed by atoms with van der Waals surface area (Å²) in [6.07, 6.45) is 0. The van der Waals surface area contributed by atoms with Crippen LogP contribution in [0, 0.1) is 0 Å². The number of nitrogens with zero attached hydrogens (tertiary/aromatic N) is 1. The predicted molar refractivity (Wildman–Crippen MR) is 76.5 cm³/mol. The highest BCUT2D eigenvalue weighted by atomic mass is 79.9. The van der Waals surface area contributed by atoms with Gasteiger partial charge >= 0.3 is 5.97 Å². The summed E-state index contributed by atoms with van der Waals surface area (Å²) in [5, 5.41) is 12.3. The van der Waals surface area contributed by atoms with Crippen molar-refractivity contribution in [1.82, 2.24) is 4.98 Å². The molecule has 2 N–H and O–H groups in total. The van der Waals surface area contributed by atoms with Crippen molar-refractivity contribution >= 4 is 49.8 Å². The number of benzene rings is 1. The van der Waals surface area contributed by atoms with Crippen molar-refractivity contribution in [3.63, 3.8) is 0 Å². The highest BCUT2D eigenvalue weighted by Gasteiger charge is 2.20. The van der Waals surface area contributed by atoms with Crippen LogP contribution in [0.2, 0.25) is 0 Å². The molecule has 0 saturated carbocycles. The fraction of sp³-hybridized carbons (Fsp3) is 0.0833. The van der Waals surface area contributed by atoms with Gasteiger partial charge in [0.2, 0.25) is 0 Å². The molecule has 2 rings (SSSR count). The highest BCUT2D eigenvalue weighted by molar-refractivity contribution is 9.10. The lowest BCUT2D eigenvalue weighted by Gasteiger charge is -2.01. The molecule has 7 heteroatoms. The smallest absolute Gasteiger partial charge is 0.356 e. The molecule has 0 radical (unpaired) electrons. The highest BCUT2D eigenvalue weighted by Crippen LogP contribution is 2.27. The molecule has 19 heavy (non-hydrogen) atoms. The lowest BCUT2D eigenvalue weighted by atomic mass is 10.3. The van der Waals surface area contributed by atoms with E-state index in [1.807, 2.05) is 24.3 Å². The van der Waals surface area contributed by atoms with Crippen LogP contribution in [-0.4, -0.2) is 21.8 Å². The van der Waals surface area contributed by atoms with Gasteiger partial charge in [0.25, 0.3) is 0 Å². The monoisotopic (exact) mass is 340 g/mol. The summed E-state index contributed by atoms with van der Waals surface area (Å²) < 4.78 is 0.888. The largest absolute Gasteiger partial charge is 0.476 e. The number of anilines is 2. The molecule has 0 spiro atoms. The van der Waals surface area contributed by atoms with Gasteiger partial charge in [-0.3, -0.25) is 4.79 Å². The summed E-state index contributed by atoms with van der Waals surface area (Å²) in [6, 6.07) is 7.36. The van der Waals surface area contributed by atoms with Crippen LogP contribution in [0.15, 0.2) is 28.7 Å². The number of carbonyl (C=O) groups is 2. The maximum Gasteiger partial charge on any atom is 0.356 e. The Balaban J connectivity index is 2.34. The van der Waals surface area contributed by atoms with E-state index in [1.54, 1.807) is 0 Å². The van der Waals surface area contributed by atoms with Gasteiger partial charge in [-0.25, -0.2) is 9.78 Å². The first-order valence-electron chi connectivity index (χ1n) is 5.25. The van der Waals surface area contributed by atoms with Gasteiger partial charge in [0.15, 0.2) is 16.6 Å². The van der Waals surface area contributed by atoms with E-state index >= 15 is 0 Å². The van der Waals surface area contributed by atoms with Gasteiger partial charge in [-0.05, 0) is 18.2 Å². The number of aromatic nitrogens is 1. The normalized spacial score (nSPS) is 10.2. The Bertz CT molecular complexity index is 623. The van der Waals surface area contributed by atoms with E-state index in [2.05, 4.69) is 26.2 Å². The van der Waals surface area contributed by atoms with Crippen LogP contribution >= 0.6 is 27.3 Å². The number of carboxylic acid groups (broad SMARTS) is 1. The number of carbonyl (C=O) groups excluding carboxylic acids is 1. The second-order valence-corrected chi connectivity index (χ2v) is 5.61. The topological polar surface area (TPSA) is 79.3 Å². The average Bonchev–Trinajstić information content (AvgIpc) is 2.73. The Morgan fingerprint density at radius 1 is 1.42 bits per heavy atom. The van der Waals surface area contributed by atoms with Crippen molar-refractivity contribution in [2.24, 2.45) is 0 Å². The van der Waals surface area contributed by atoms with E-state index in [9.17, 15) is 9.59 Å². The molecule has 1 aromatic carbocycles. The van der Waals surface area contributed by atoms with E-state index in [-0.39, 0.29) is 16.4 Å². The number of carboxylic acids is 1. The first-order chi connectivity index (χ1) is 8.97. The minimum Gasteiger partial charge on any atom is -0.476 e. The van der Waals surface area contributed by atoms with Crippen molar-refractivity contribution in [1.29, 1.82) is 0 Å². The van der Waals surface area contributed by atoms with Gasteiger partial charge in [0.1, 0.15) is 4.88 Å². The minimum atomic E-state index is -1.20. The van der Waals surface area contributed by atoms with Crippen LogP contribution < -0.4 is 5.32 Å². The number of ketones is 1. The molecular weight excluding hydrogens is 332 g/mol. The molecule has 0 bridgehead atoms. The number of rotatable bonds is 4. The summed E-state index contributed by atoms with van der Waals surface area (Å²) in [4.78, 5) is 26.4. The van der Waals surface area contributed by atoms with Crippen LogP contribution in [0.5, 0.6) is 0 Å². The second-order valence-electron chi connectivity index (χ2n) is 3.69. The third kappa shape index (κ3) is 3.18. The Morgan fingerprint density at radius 2 is 2.16 bits per heavy atom. The van der Waals surface area contributed by atoms with Crippen molar-refractivity contribution in [2.45, 2.75) is 6.92 Å². The van der Waals surface area contributed by atoms with E-state index in [1.165, 1.54) is 6.92 Å². The van der Waals surface area contributed by atoms with Crippen molar-refractivity contribution < 1.29 is 14.7 Å². The molecular formula is C12H9BrN2O3S. The zero-order valence-electron chi connectivity index (χ0n) is 9.81. The summed E-state index contributed by atoms with van der Waals surface area (Å²) in [6.45, 7) is 1.32. The third-order valence-corrected chi connectivity index (χ3v) is 3.79. The molecule has 0 unspecified atom stereocenters. The molecule has 0 saturated heterocycles. The number of hydrogen-bond donors (Lipinski definition) is 2. The molecule has 2 aromatic rings. The molecule has 5 nitrogen and oxygen atoms in total. The molecule has 98 valence electrons. The van der Waals surface area contributed by atoms with Gasteiger partial charge in [0.05, 0.1) is 0 Å². The van der Waals surface area contributed by atoms with Gasteiger partial charge in [-0.1, -0.05) is 33.3 Å². The molecule has 0 aliphatic carbocycles. The quantitative estimate of drug-likeness (QED) is 0.832. The van der Waals surface area contributed by atoms with Crippen LogP contribution in [0.1, 0.15) is 27.1 Å². The zero-order valence-corrected chi connectivity index (χ0v) is 12.2. The molecule has 1 heterocycles. The first kappa shape index (κ1) is 13.7. The third-order valence-electron chi connectivity index (χ3n) is 2.23. The maximum absolute atomic E-state index is 11.4. The fourth-order valence-corrected chi connectivity index (χ4v) is 2.72. The van der Waals surface area contributed by atoms with Crippen molar-refractivity contribution in [3.8, 4) is 0 Å². The van der Waals surface area contributed by atoms with E-state index < -0.39 is 5.97 Å². The summed E-state index contributed by atoms with van der Waals surface area (Å²) in [5.41, 5.74) is 0.546. The minimum absolute atomic E-state index is 0.144. The number of nitrogens with one attached hydrogen (secondary N) is 1. The fourth-order valence-electron chi connectivity index (χ4n) is 1.45. The predicted octanol–water partition coefficient (Wildman–Crippen LogP) is 3.55. The Labute approximate surface area is 121 Å². The molecule has 0 amide bonds. The number of aromatic carboxylic acids is 1. The van der Waals surface area contributed by atoms with Crippen LogP contribution in [-0.2, 0) is 0 Å². The summed E-state index contributed by atoms with van der Waals surface area (Å²) >= 11 is 4.37. The average molecular weight is 341 g/mol. The van der Waals surface area contributed by atoms with Crippen LogP contribution in [0.25, 0.3) is 0 Å². The summed E-state index contributed by atoms with van der Waals surface area (Å²) in [7, 11) is 0. The molecule has 0 aliphatic heterocycles. The standard InChI is InChI=1S/C12H9BrN2O3S/c1-6(16)10-9(11(17)18)15-12(19-10)14-8-4-2-3-7(13)5-8/h2-5H,1H3,(H,14,15)(H,17,18). The maximum atomic E-state index is 11.4.